The molecule has 61 heavy (non-hydrogen) atoms. The van der Waals surface area contributed by atoms with Crippen molar-refractivity contribution < 1.29 is 62.2 Å². The monoisotopic (exact) mass is 958 g/mol. The summed E-state index contributed by atoms with van der Waals surface area (Å²) in [4.78, 5) is 24.4. The Balaban J connectivity index is 0.000000226. The van der Waals surface area contributed by atoms with Crippen LogP contribution in [0.3, 0.4) is 0 Å². The fourth-order valence-corrected chi connectivity index (χ4v) is 9.01. The van der Waals surface area contributed by atoms with Gasteiger partial charge in [0.15, 0.2) is 0 Å². The molecule has 0 aliphatic carbocycles. The standard InChI is InChI=1S/C20H19ClF3NO4S.C14H16F3NO2.C6H4Cl2O2S/c1-29-18-7-6-16(30(27,28)15-4-2-14(21)3-5-15)12-17(18)13-8-10-25(11-9-13)19(26)20(22,23)24;1-20-12-5-3-2-4-11(12)10-6-8-18(9-7-10)13(19)14(15,16)17;7-5-1-3-6(4-2-5)11(8,9)10/h2-7,12-13H,8-11H2,1H3;2-5,10H,6-9H2,1H3;1-4H. The van der Waals surface area contributed by atoms with Crippen molar-refractivity contribution in [3.63, 3.8) is 0 Å². The van der Waals surface area contributed by atoms with Crippen molar-refractivity contribution in [2.45, 2.75) is 64.6 Å². The minimum Gasteiger partial charge on any atom is -0.496 e. The first-order chi connectivity index (χ1) is 28.5. The van der Waals surface area contributed by atoms with Crippen LogP contribution in [0.25, 0.3) is 0 Å². The highest BCUT2D eigenvalue weighted by Gasteiger charge is 2.44. The number of ether oxygens (including phenoxy) is 2. The number of alkyl halides is 6. The molecule has 0 atom stereocenters. The summed E-state index contributed by atoms with van der Waals surface area (Å²) in [6.07, 6.45) is -8.12. The maximum Gasteiger partial charge on any atom is 0.471 e. The molecule has 2 saturated heterocycles. The highest BCUT2D eigenvalue weighted by molar-refractivity contribution is 8.13. The van der Waals surface area contributed by atoms with Gasteiger partial charge in [0.05, 0.1) is 28.9 Å². The number of benzene rings is 4. The number of hydrogen-bond acceptors (Lipinski definition) is 8. The van der Waals surface area contributed by atoms with Gasteiger partial charge in [0.1, 0.15) is 11.5 Å². The van der Waals surface area contributed by atoms with Crippen molar-refractivity contribution in [3.05, 3.63) is 112 Å². The minimum atomic E-state index is -4.91. The third-order valence-electron chi connectivity index (χ3n) is 9.80. The van der Waals surface area contributed by atoms with E-state index in [0.29, 0.717) is 34.2 Å². The molecule has 10 nitrogen and oxygen atoms in total. The molecule has 332 valence electrons. The lowest BCUT2D eigenvalue weighted by Crippen LogP contribution is -2.45. The van der Waals surface area contributed by atoms with Gasteiger partial charge >= 0.3 is 24.2 Å². The summed E-state index contributed by atoms with van der Waals surface area (Å²) in [5, 5.41) is 0.888. The molecule has 0 N–H and O–H groups in total. The number of likely N-dealkylation sites (tertiary alicyclic amines) is 2. The first-order valence-corrected chi connectivity index (χ1v) is 22.8. The van der Waals surface area contributed by atoms with Crippen molar-refractivity contribution in [2.75, 3.05) is 40.4 Å². The van der Waals surface area contributed by atoms with Crippen LogP contribution in [0.4, 0.5) is 26.3 Å². The lowest BCUT2D eigenvalue weighted by atomic mass is 9.88. The Hall–Kier alpha value is -4.23. The second kappa shape index (κ2) is 20.8. The van der Waals surface area contributed by atoms with E-state index in [1.165, 1.54) is 73.8 Å². The van der Waals surface area contributed by atoms with E-state index in [4.69, 9.17) is 43.4 Å². The van der Waals surface area contributed by atoms with E-state index in [1.807, 2.05) is 24.3 Å². The molecule has 2 aliphatic rings. The Labute approximate surface area is 363 Å². The summed E-state index contributed by atoms with van der Waals surface area (Å²) in [5.74, 6) is -2.51. The Bertz CT molecular complexity index is 2350. The predicted octanol–water partition coefficient (Wildman–Crippen LogP) is 9.68. The third-order valence-corrected chi connectivity index (χ3v) is 13.4. The molecular formula is C40H39Cl3F6N2O8S2. The van der Waals surface area contributed by atoms with Crippen LogP contribution in [0.15, 0.2) is 106 Å². The molecule has 0 spiro atoms. The molecule has 0 saturated carbocycles. The van der Waals surface area contributed by atoms with Gasteiger partial charge in [-0.05, 0) is 121 Å². The van der Waals surface area contributed by atoms with Gasteiger partial charge in [-0.15, -0.1) is 0 Å². The summed E-state index contributed by atoms with van der Waals surface area (Å²) < 4.78 is 133. The van der Waals surface area contributed by atoms with Crippen LogP contribution in [-0.4, -0.2) is 91.2 Å². The summed E-state index contributed by atoms with van der Waals surface area (Å²) in [6.45, 7) is 0.114. The van der Waals surface area contributed by atoms with E-state index in [9.17, 15) is 52.8 Å². The van der Waals surface area contributed by atoms with E-state index in [-0.39, 0.29) is 65.5 Å². The van der Waals surface area contributed by atoms with Crippen LogP contribution in [0.1, 0.15) is 48.6 Å². The van der Waals surface area contributed by atoms with Gasteiger partial charge in [-0.25, -0.2) is 16.8 Å². The molecule has 2 fully saturated rings. The zero-order valence-corrected chi connectivity index (χ0v) is 36.3. The summed E-state index contributed by atoms with van der Waals surface area (Å²) in [7, 11) is 0.631. The number of carbonyl (C=O) groups is 2. The van der Waals surface area contributed by atoms with Crippen LogP contribution in [0.2, 0.25) is 10.0 Å². The van der Waals surface area contributed by atoms with E-state index in [0.717, 1.165) is 21.1 Å². The Morgan fingerprint density at radius 2 is 0.951 bits per heavy atom. The second-order valence-electron chi connectivity index (χ2n) is 13.6. The number of rotatable bonds is 7. The molecule has 0 bridgehead atoms. The number of sulfone groups is 1. The molecule has 2 amide bonds. The van der Waals surface area contributed by atoms with E-state index < -0.39 is 43.1 Å². The first-order valence-electron chi connectivity index (χ1n) is 18.2. The van der Waals surface area contributed by atoms with Crippen LogP contribution in [0.5, 0.6) is 11.5 Å². The number of carbonyl (C=O) groups excluding carboxylic acids is 2. The maximum atomic E-state index is 13.0. The molecule has 21 heteroatoms. The van der Waals surface area contributed by atoms with E-state index in [2.05, 4.69) is 0 Å². The highest BCUT2D eigenvalue weighted by Crippen LogP contribution is 2.38. The molecule has 6 rings (SSSR count). The lowest BCUT2D eigenvalue weighted by Gasteiger charge is -2.33. The quantitative estimate of drug-likeness (QED) is 0.132. The Morgan fingerprint density at radius 3 is 1.36 bits per heavy atom. The van der Waals surface area contributed by atoms with Gasteiger partial charge in [-0.1, -0.05) is 41.4 Å². The summed E-state index contributed by atoms with van der Waals surface area (Å²) in [5.41, 5.74) is 1.58. The number of nitrogens with zero attached hydrogens (tertiary/aromatic N) is 2. The maximum absolute atomic E-state index is 13.0. The van der Waals surface area contributed by atoms with Crippen LogP contribution in [0, 0.1) is 0 Å². The normalized spacial score (nSPS) is 15.5. The summed E-state index contributed by atoms with van der Waals surface area (Å²) in [6, 6.07) is 23.4. The summed E-state index contributed by atoms with van der Waals surface area (Å²) >= 11 is 11.4. The predicted molar refractivity (Wildman–Crippen MR) is 217 cm³/mol. The third kappa shape index (κ3) is 13.4. The van der Waals surface area contributed by atoms with Crippen molar-refractivity contribution in [3.8, 4) is 11.5 Å². The van der Waals surface area contributed by atoms with Gasteiger partial charge in [0.25, 0.3) is 9.05 Å². The molecule has 2 heterocycles. The smallest absolute Gasteiger partial charge is 0.471 e. The SMILES string of the molecule is COc1ccc(S(=O)(=O)c2ccc(Cl)cc2)cc1C1CCN(C(=O)C(F)(F)F)CC1.COc1ccccc1C1CCN(C(=O)C(F)(F)F)CC1.O=S(=O)(Cl)c1ccc(Cl)cc1. The average molecular weight is 960 g/mol. The fourth-order valence-electron chi connectivity index (χ4n) is 6.70. The molecule has 0 aromatic heterocycles. The van der Waals surface area contributed by atoms with Crippen LogP contribution < -0.4 is 9.47 Å². The first kappa shape index (κ1) is 49.4. The largest absolute Gasteiger partial charge is 0.496 e. The van der Waals surface area contributed by atoms with Crippen molar-refractivity contribution >= 4 is 64.6 Å². The van der Waals surface area contributed by atoms with Crippen molar-refractivity contribution in [1.29, 1.82) is 0 Å². The number of halogens is 9. The Morgan fingerprint density at radius 1 is 0.574 bits per heavy atom. The van der Waals surface area contributed by atoms with Gasteiger partial charge in [0.2, 0.25) is 9.84 Å². The number of piperidine rings is 2. The minimum absolute atomic E-state index is 0.0504. The molecule has 2 aliphatic heterocycles. The molecule has 0 unspecified atom stereocenters. The molecule has 4 aromatic rings. The number of amides is 2. The molecular weight excluding hydrogens is 921 g/mol. The van der Waals surface area contributed by atoms with Gasteiger partial charge in [-0.2, -0.15) is 26.3 Å². The van der Waals surface area contributed by atoms with E-state index in [1.54, 1.807) is 7.11 Å². The Kier molecular flexibility index (Phi) is 16.8. The van der Waals surface area contributed by atoms with Gasteiger partial charge < -0.3 is 19.3 Å². The van der Waals surface area contributed by atoms with Gasteiger partial charge in [0, 0.05) is 46.9 Å². The van der Waals surface area contributed by atoms with Crippen molar-refractivity contribution in [2.24, 2.45) is 0 Å². The zero-order valence-electron chi connectivity index (χ0n) is 32.4. The molecule has 0 radical (unpaired) electrons. The van der Waals surface area contributed by atoms with Crippen LogP contribution in [-0.2, 0) is 28.5 Å². The topological polar surface area (TPSA) is 127 Å². The van der Waals surface area contributed by atoms with Crippen molar-refractivity contribution in [1.82, 2.24) is 9.80 Å². The van der Waals surface area contributed by atoms with Crippen LogP contribution >= 0.6 is 33.9 Å². The number of hydrogen-bond donors (Lipinski definition) is 0. The van der Waals surface area contributed by atoms with E-state index >= 15 is 0 Å². The number of para-hydroxylation sites is 1. The number of methoxy groups -OCH3 is 2. The molecule has 4 aromatic carbocycles. The highest BCUT2D eigenvalue weighted by atomic mass is 35.7. The fraction of sp³-hybridized carbons (Fsp3) is 0.350. The second-order valence-corrected chi connectivity index (χ2v) is 19.0. The lowest BCUT2D eigenvalue weighted by molar-refractivity contribution is -0.186. The zero-order chi connectivity index (χ0) is 45.3. The van der Waals surface area contributed by atoms with Gasteiger partial charge in [-0.3, -0.25) is 9.59 Å². The average Bonchev–Trinajstić information content (AvgIpc) is 3.22.